The van der Waals surface area contributed by atoms with E-state index in [1.54, 1.807) is 13.1 Å². The summed E-state index contributed by atoms with van der Waals surface area (Å²) in [6, 6.07) is 4.72. The number of hydrogen-bond donors (Lipinski definition) is 0. The molecule has 7 nitrogen and oxygen atoms in total. The number of hydrogen-bond acceptors (Lipinski definition) is 6. The van der Waals surface area contributed by atoms with E-state index in [2.05, 4.69) is 9.97 Å². The Balaban J connectivity index is 1.92. The normalized spacial score (nSPS) is 11.8. The van der Waals surface area contributed by atoms with Gasteiger partial charge in [0.2, 0.25) is 5.76 Å². The van der Waals surface area contributed by atoms with E-state index in [9.17, 15) is 18.0 Å². The van der Waals surface area contributed by atoms with Crippen LogP contribution in [0.3, 0.4) is 0 Å². The molecule has 0 fully saturated rings. The minimum absolute atomic E-state index is 0.00310. The molecule has 0 atom stereocenters. The molecule has 0 aliphatic rings. The van der Waals surface area contributed by atoms with E-state index in [1.165, 1.54) is 29.9 Å². The highest BCUT2D eigenvalue weighted by Crippen LogP contribution is 2.35. The topological polar surface area (TPSA) is 79.4 Å². The van der Waals surface area contributed by atoms with Gasteiger partial charge in [0.15, 0.2) is 23.1 Å². The second kappa shape index (κ2) is 8.64. The number of rotatable bonds is 5. The number of nitrogens with zero attached hydrogens (tertiary/aromatic N) is 3. The van der Waals surface area contributed by atoms with Crippen molar-refractivity contribution < 1.29 is 36.2 Å². The largest absolute Gasteiger partial charge is 0.492 e. The average Bonchev–Trinajstić information content (AvgIpc) is 3.38. The number of carbonyl (C=O) groups is 1. The molecule has 0 spiro atoms. The first-order chi connectivity index (χ1) is 16.0. The number of furan rings is 1. The molecule has 0 N–H and O–H groups in total. The van der Waals surface area contributed by atoms with Crippen molar-refractivity contribution in [1.29, 1.82) is 0 Å². The van der Waals surface area contributed by atoms with Gasteiger partial charge < -0.3 is 18.5 Å². The predicted octanol–water partition coefficient (Wildman–Crippen LogP) is 5.65. The first-order valence-electron chi connectivity index (χ1n) is 9.69. The summed E-state index contributed by atoms with van der Waals surface area (Å²) in [6.07, 6.45) is -3.06. The van der Waals surface area contributed by atoms with Gasteiger partial charge in [-0.15, -0.1) is 0 Å². The van der Waals surface area contributed by atoms with Crippen LogP contribution in [0.5, 0.6) is 5.75 Å². The van der Waals surface area contributed by atoms with Crippen molar-refractivity contribution in [3.05, 3.63) is 64.1 Å². The van der Waals surface area contributed by atoms with Crippen LogP contribution in [0, 0.1) is 12.7 Å². The fraction of sp³-hybridized carbons (Fsp3) is 0.227. The zero-order valence-corrected chi connectivity index (χ0v) is 18.7. The second-order valence-electron chi connectivity index (χ2n) is 7.23. The van der Waals surface area contributed by atoms with Crippen LogP contribution in [0.1, 0.15) is 27.6 Å². The lowest BCUT2D eigenvalue weighted by atomic mass is 10.1. The minimum Gasteiger partial charge on any atom is -0.492 e. The second-order valence-corrected chi connectivity index (χ2v) is 7.64. The third-order valence-corrected chi connectivity index (χ3v) is 5.34. The van der Waals surface area contributed by atoms with Gasteiger partial charge in [0.05, 0.1) is 36.7 Å². The molecule has 0 unspecified atom stereocenters. The third kappa shape index (κ3) is 4.07. The Morgan fingerprint density at radius 2 is 1.91 bits per heavy atom. The van der Waals surface area contributed by atoms with Crippen LogP contribution in [-0.2, 0) is 17.5 Å². The highest BCUT2D eigenvalue weighted by atomic mass is 35.5. The maximum atomic E-state index is 15.1. The molecule has 0 amide bonds. The SMILES string of the molecule is COC(=O)c1nc(-c2ccc(Cl)c(OC)c2F)nc2c1c(C)cn2Cc1ccc(C(F)(F)F)o1. The molecule has 4 rings (SSSR count). The summed E-state index contributed by atoms with van der Waals surface area (Å²) in [5.74, 6) is -3.19. The number of carbonyl (C=O) groups excluding carboxylic acids is 1. The molecule has 1 aromatic carbocycles. The molecule has 3 aromatic heterocycles. The third-order valence-electron chi connectivity index (χ3n) is 5.05. The Labute approximate surface area is 194 Å². The van der Waals surface area contributed by atoms with Gasteiger partial charge in [-0.1, -0.05) is 11.6 Å². The predicted molar refractivity (Wildman–Crippen MR) is 113 cm³/mol. The number of ether oxygens (including phenoxy) is 2. The standard InChI is InChI=1S/C22H16ClF4N3O4/c1-10-8-30(9-11-4-7-14(34-11)22(25,26)27)20-15(10)17(21(31)33-3)28-19(29-20)12-5-6-13(23)18(32-2)16(12)24/h4-8H,9H2,1-3H3. The molecule has 34 heavy (non-hydrogen) atoms. The van der Waals surface area contributed by atoms with E-state index in [4.69, 9.17) is 25.5 Å². The summed E-state index contributed by atoms with van der Waals surface area (Å²) >= 11 is 5.97. The number of aromatic nitrogens is 3. The van der Waals surface area contributed by atoms with Crippen LogP contribution in [0.25, 0.3) is 22.4 Å². The molecule has 0 bridgehead atoms. The van der Waals surface area contributed by atoms with Crippen molar-refractivity contribution in [2.75, 3.05) is 14.2 Å². The lowest BCUT2D eigenvalue weighted by Gasteiger charge is -2.11. The van der Waals surface area contributed by atoms with Gasteiger partial charge in [-0.25, -0.2) is 19.2 Å². The fourth-order valence-corrected chi connectivity index (χ4v) is 3.76. The van der Waals surface area contributed by atoms with Gasteiger partial charge in [-0.3, -0.25) is 0 Å². The van der Waals surface area contributed by atoms with Gasteiger partial charge >= 0.3 is 12.1 Å². The van der Waals surface area contributed by atoms with Crippen molar-refractivity contribution in [3.8, 4) is 17.1 Å². The number of fused-ring (bicyclic) bond motifs is 1. The van der Waals surface area contributed by atoms with E-state index in [0.29, 0.717) is 10.9 Å². The van der Waals surface area contributed by atoms with Crippen molar-refractivity contribution in [2.24, 2.45) is 0 Å². The molecule has 0 aliphatic carbocycles. The Kier molecular flexibility index (Phi) is 5.98. The number of methoxy groups -OCH3 is 2. The Morgan fingerprint density at radius 1 is 1.18 bits per heavy atom. The van der Waals surface area contributed by atoms with E-state index in [-0.39, 0.29) is 45.8 Å². The van der Waals surface area contributed by atoms with Crippen LogP contribution in [-0.4, -0.2) is 34.7 Å². The summed E-state index contributed by atoms with van der Waals surface area (Å²) in [6.45, 7) is 1.54. The van der Waals surface area contributed by atoms with Crippen molar-refractivity contribution in [2.45, 2.75) is 19.6 Å². The maximum absolute atomic E-state index is 15.1. The first-order valence-corrected chi connectivity index (χ1v) is 10.1. The van der Waals surface area contributed by atoms with Gasteiger partial charge in [0, 0.05) is 6.20 Å². The average molecular weight is 498 g/mol. The molecule has 0 saturated carbocycles. The molecule has 4 aromatic rings. The Hall–Kier alpha value is -3.60. The number of alkyl halides is 3. The van der Waals surface area contributed by atoms with Crippen molar-refractivity contribution in [1.82, 2.24) is 14.5 Å². The summed E-state index contributed by atoms with van der Waals surface area (Å²) in [5, 5.41) is 0.329. The quantitative estimate of drug-likeness (QED) is 0.262. The van der Waals surface area contributed by atoms with Crippen molar-refractivity contribution in [3.63, 3.8) is 0 Å². The summed E-state index contributed by atoms with van der Waals surface area (Å²) in [7, 11) is 2.40. The summed E-state index contributed by atoms with van der Waals surface area (Å²) < 4.78 is 70.0. The van der Waals surface area contributed by atoms with E-state index < -0.39 is 23.7 Å². The van der Waals surface area contributed by atoms with Gasteiger partial charge in [0.25, 0.3) is 0 Å². The molecule has 0 saturated heterocycles. The van der Waals surface area contributed by atoms with E-state index >= 15 is 4.39 Å². The molecule has 12 heteroatoms. The Morgan fingerprint density at radius 3 is 2.53 bits per heavy atom. The van der Waals surface area contributed by atoms with Gasteiger partial charge in [-0.05, 0) is 36.8 Å². The van der Waals surface area contributed by atoms with Crippen LogP contribution in [0.4, 0.5) is 17.6 Å². The minimum atomic E-state index is -4.63. The maximum Gasteiger partial charge on any atom is 0.449 e. The van der Waals surface area contributed by atoms with Crippen molar-refractivity contribution >= 4 is 28.6 Å². The summed E-state index contributed by atoms with van der Waals surface area (Å²) in [4.78, 5) is 21.1. The van der Waals surface area contributed by atoms with Gasteiger partial charge in [-0.2, -0.15) is 13.2 Å². The zero-order chi connectivity index (χ0) is 24.8. The molecule has 0 aliphatic heterocycles. The number of aryl methyl sites for hydroxylation is 1. The highest BCUT2D eigenvalue weighted by molar-refractivity contribution is 6.32. The zero-order valence-electron chi connectivity index (χ0n) is 18.0. The van der Waals surface area contributed by atoms with Gasteiger partial charge in [0.1, 0.15) is 11.4 Å². The monoisotopic (exact) mass is 497 g/mol. The van der Waals surface area contributed by atoms with E-state index in [0.717, 1.165) is 13.2 Å². The highest BCUT2D eigenvalue weighted by Gasteiger charge is 2.35. The number of esters is 1. The van der Waals surface area contributed by atoms with E-state index in [1.807, 2.05) is 0 Å². The fourth-order valence-electron chi connectivity index (χ4n) is 3.54. The molecule has 3 heterocycles. The molecular formula is C22H16ClF4N3O4. The summed E-state index contributed by atoms with van der Waals surface area (Å²) in [5.41, 5.74) is 0.485. The van der Waals surface area contributed by atoms with Crippen LogP contribution < -0.4 is 4.74 Å². The van der Waals surface area contributed by atoms with Crippen LogP contribution >= 0.6 is 11.6 Å². The van der Waals surface area contributed by atoms with Crippen LogP contribution in [0.15, 0.2) is 34.9 Å². The Bertz CT molecular complexity index is 1410. The molecule has 178 valence electrons. The smallest absolute Gasteiger partial charge is 0.449 e. The molecule has 0 radical (unpaired) electrons. The molecular weight excluding hydrogens is 482 g/mol. The lowest BCUT2D eigenvalue weighted by Crippen LogP contribution is -2.09. The van der Waals surface area contributed by atoms with Crippen LogP contribution in [0.2, 0.25) is 5.02 Å². The first kappa shape index (κ1) is 23.6. The lowest BCUT2D eigenvalue weighted by molar-refractivity contribution is -0.153. The number of benzene rings is 1. The number of halogens is 5.